The van der Waals surface area contributed by atoms with Crippen molar-refractivity contribution in [2.24, 2.45) is 0 Å². The number of phenols is 1. The average molecular weight is 403 g/mol. The lowest BCUT2D eigenvalue weighted by molar-refractivity contribution is 0.187. The molecule has 1 aliphatic heterocycles. The summed E-state index contributed by atoms with van der Waals surface area (Å²) in [5, 5.41) is 12.6. The second-order valence-electron chi connectivity index (χ2n) is 7.70. The number of benzene rings is 3. The van der Waals surface area contributed by atoms with Crippen molar-refractivity contribution in [3.63, 3.8) is 0 Å². The van der Waals surface area contributed by atoms with E-state index in [9.17, 15) is 9.90 Å². The van der Waals surface area contributed by atoms with Crippen LogP contribution in [0.1, 0.15) is 39.7 Å². The molecule has 0 bridgehead atoms. The summed E-state index contributed by atoms with van der Waals surface area (Å²) in [7, 11) is 1.34. The first-order valence-electron chi connectivity index (χ1n) is 9.94. The number of carbonyl (C=O) groups is 1. The fourth-order valence-corrected chi connectivity index (χ4v) is 4.04. The highest BCUT2D eigenvalue weighted by molar-refractivity contribution is 5.84. The van der Waals surface area contributed by atoms with Gasteiger partial charge >= 0.3 is 6.09 Å². The number of rotatable bonds is 3. The molecule has 0 saturated carbocycles. The zero-order valence-corrected chi connectivity index (χ0v) is 17.3. The monoisotopic (exact) mass is 403 g/mol. The first kappa shape index (κ1) is 19.8. The van der Waals surface area contributed by atoms with Crippen LogP contribution in [0.15, 0.2) is 60.7 Å². The molecular weight excluding hydrogens is 378 g/mol. The van der Waals surface area contributed by atoms with Gasteiger partial charge in [-0.3, -0.25) is 5.32 Å². The maximum Gasteiger partial charge on any atom is 0.411 e. The number of hydrogen-bond acceptors (Lipinski definition) is 4. The van der Waals surface area contributed by atoms with E-state index in [1.165, 1.54) is 23.8 Å². The molecule has 5 nitrogen and oxygen atoms in total. The van der Waals surface area contributed by atoms with E-state index in [4.69, 9.17) is 4.74 Å². The van der Waals surface area contributed by atoms with Crippen molar-refractivity contribution >= 4 is 11.8 Å². The Morgan fingerprint density at radius 2 is 1.73 bits per heavy atom. The van der Waals surface area contributed by atoms with E-state index in [0.29, 0.717) is 18.0 Å². The molecule has 1 amide bonds. The van der Waals surface area contributed by atoms with Crippen molar-refractivity contribution in [1.29, 1.82) is 0 Å². The van der Waals surface area contributed by atoms with Crippen LogP contribution in [-0.4, -0.2) is 24.9 Å². The zero-order chi connectivity index (χ0) is 21.3. The molecule has 0 saturated heterocycles. The normalized spacial score (nSPS) is 17.6. The Labute approximate surface area is 176 Å². The van der Waals surface area contributed by atoms with Crippen molar-refractivity contribution in [1.82, 2.24) is 0 Å². The number of anilines is 1. The maximum absolute atomic E-state index is 11.5. The van der Waals surface area contributed by atoms with Crippen LogP contribution in [-0.2, 0) is 4.74 Å². The van der Waals surface area contributed by atoms with Crippen molar-refractivity contribution in [2.45, 2.75) is 25.7 Å². The van der Waals surface area contributed by atoms with E-state index in [1.807, 2.05) is 30.3 Å². The van der Waals surface area contributed by atoms with Crippen LogP contribution in [0.3, 0.4) is 0 Å². The highest BCUT2D eigenvalue weighted by Crippen LogP contribution is 2.47. The predicted molar refractivity (Wildman–Crippen MR) is 117 cm³/mol. The Morgan fingerprint density at radius 3 is 2.43 bits per heavy atom. The standard InChI is InChI=1S/C25H25NO4/c1-15-4-5-18(12-16(15)2)22-14-30-23-13-20(27)10-11-21(23)24(22)17-6-8-19(9-7-17)26-25(28)29-3/h4-13,22,24,27H,14H2,1-3H3,(H,26,28). The molecule has 154 valence electrons. The molecule has 0 spiro atoms. The molecule has 0 aliphatic carbocycles. The Kier molecular flexibility index (Phi) is 5.36. The number of hydrogen-bond donors (Lipinski definition) is 2. The third-order valence-electron chi connectivity index (χ3n) is 5.81. The van der Waals surface area contributed by atoms with Gasteiger partial charge in [-0.15, -0.1) is 0 Å². The molecule has 30 heavy (non-hydrogen) atoms. The third-order valence-corrected chi connectivity index (χ3v) is 5.81. The van der Waals surface area contributed by atoms with Crippen molar-refractivity contribution in [3.05, 3.63) is 88.5 Å². The number of aromatic hydroxyl groups is 1. The summed E-state index contributed by atoms with van der Waals surface area (Å²) in [6, 6.07) is 19.6. The Hall–Kier alpha value is -3.47. The minimum atomic E-state index is -0.498. The second kappa shape index (κ2) is 8.11. The average Bonchev–Trinajstić information content (AvgIpc) is 2.75. The molecule has 2 unspecified atom stereocenters. The third kappa shape index (κ3) is 3.83. The van der Waals surface area contributed by atoms with Crippen LogP contribution in [0.4, 0.5) is 10.5 Å². The molecule has 4 rings (SSSR count). The van der Waals surface area contributed by atoms with Crippen LogP contribution < -0.4 is 10.1 Å². The van der Waals surface area contributed by atoms with Crippen molar-refractivity contribution in [3.8, 4) is 11.5 Å². The van der Waals surface area contributed by atoms with Gasteiger partial charge in [0.2, 0.25) is 0 Å². The van der Waals surface area contributed by atoms with E-state index in [0.717, 1.165) is 11.1 Å². The summed E-state index contributed by atoms with van der Waals surface area (Å²) in [5.41, 5.74) is 6.56. The van der Waals surface area contributed by atoms with E-state index >= 15 is 0 Å². The summed E-state index contributed by atoms with van der Waals surface area (Å²) in [4.78, 5) is 11.5. The summed E-state index contributed by atoms with van der Waals surface area (Å²) in [5.74, 6) is 1.08. The van der Waals surface area contributed by atoms with E-state index in [2.05, 4.69) is 42.1 Å². The number of nitrogens with one attached hydrogen (secondary N) is 1. The van der Waals surface area contributed by atoms with Crippen molar-refractivity contribution < 1.29 is 19.4 Å². The Balaban J connectivity index is 1.76. The van der Waals surface area contributed by atoms with Gasteiger partial charge in [0.1, 0.15) is 11.5 Å². The van der Waals surface area contributed by atoms with Gasteiger partial charge in [0.25, 0.3) is 0 Å². The van der Waals surface area contributed by atoms with Crippen LogP contribution in [0.5, 0.6) is 11.5 Å². The quantitative estimate of drug-likeness (QED) is 0.606. The molecule has 1 heterocycles. The molecule has 3 aromatic carbocycles. The molecular formula is C25H25NO4. The SMILES string of the molecule is COC(=O)Nc1ccc(C2c3ccc(O)cc3OCC2c2ccc(C)c(C)c2)cc1. The van der Waals surface area contributed by atoms with Gasteiger partial charge in [0.15, 0.2) is 0 Å². The summed E-state index contributed by atoms with van der Waals surface area (Å²) < 4.78 is 10.7. The minimum absolute atomic E-state index is 0.0589. The van der Waals surface area contributed by atoms with Gasteiger partial charge < -0.3 is 14.6 Å². The fourth-order valence-electron chi connectivity index (χ4n) is 4.04. The van der Waals surface area contributed by atoms with Gasteiger partial charge in [-0.25, -0.2) is 4.79 Å². The Morgan fingerprint density at radius 1 is 1.00 bits per heavy atom. The fraction of sp³-hybridized carbons (Fsp3) is 0.240. The zero-order valence-electron chi connectivity index (χ0n) is 17.3. The summed E-state index contributed by atoms with van der Waals surface area (Å²) in [6.45, 7) is 4.75. The van der Waals surface area contributed by atoms with Crippen molar-refractivity contribution in [2.75, 3.05) is 19.0 Å². The van der Waals surface area contributed by atoms with E-state index < -0.39 is 6.09 Å². The van der Waals surface area contributed by atoms with Gasteiger partial charge in [-0.1, -0.05) is 36.4 Å². The molecule has 0 fully saturated rings. The molecule has 2 atom stereocenters. The smallest absolute Gasteiger partial charge is 0.411 e. The largest absolute Gasteiger partial charge is 0.508 e. The van der Waals surface area contributed by atoms with Crippen LogP contribution in [0.2, 0.25) is 0 Å². The van der Waals surface area contributed by atoms with Crippen LogP contribution in [0.25, 0.3) is 0 Å². The van der Waals surface area contributed by atoms with Crippen LogP contribution >= 0.6 is 0 Å². The molecule has 2 N–H and O–H groups in total. The first-order valence-corrected chi connectivity index (χ1v) is 9.94. The number of phenolic OH excluding ortho intramolecular Hbond substituents is 1. The number of aryl methyl sites for hydroxylation is 2. The number of amides is 1. The van der Waals surface area contributed by atoms with Gasteiger partial charge in [-0.2, -0.15) is 0 Å². The lowest BCUT2D eigenvalue weighted by atomic mass is 9.75. The highest BCUT2D eigenvalue weighted by Gasteiger charge is 2.33. The topological polar surface area (TPSA) is 67.8 Å². The van der Waals surface area contributed by atoms with E-state index in [-0.39, 0.29) is 17.6 Å². The Bertz CT molecular complexity index is 1080. The number of carbonyl (C=O) groups excluding carboxylic acids is 1. The molecule has 1 aliphatic rings. The van der Waals surface area contributed by atoms with Crippen LogP contribution in [0, 0.1) is 13.8 Å². The van der Waals surface area contributed by atoms with Gasteiger partial charge in [0, 0.05) is 29.2 Å². The summed E-state index contributed by atoms with van der Waals surface area (Å²) >= 11 is 0. The first-order chi connectivity index (χ1) is 14.5. The highest BCUT2D eigenvalue weighted by atomic mass is 16.5. The molecule has 5 heteroatoms. The molecule has 0 radical (unpaired) electrons. The number of fused-ring (bicyclic) bond motifs is 1. The predicted octanol–water partition coefficient (Wildman–Crippen LogP) is 5.50. The molecule has 0 aromatic heterocycles. The lowest BCUT2D eigenvalue weighted by Gasteiger charge is -2.35. The minimum Gasteiger partial charge on any atom is -0.508 e. The van der Waals surface area contributed by atoms with Gasteiger partial charge in [0.05, 0.1) is 13.7 Å². The lowest BCUT2D eigenvalue weighted by Crippen LogP contribution is -2.25. The number of methoxy groups -OCH3 is 1. The molecule has 3 aromatic rings. The second-order valence-corrected chi connectivity index (χ2v) is 7.70. The maximum atomic E-state index is 11.5. The summed E-state index contributed by atoms with van der Waals surface area (Å²) in [6.07, 6.45) is -0.498. The van der Waals surface area contributed by atoms with E-state index in [1.54, 1.807) is 12.1 Å². The van der Waals surface area contributed by atoms with Gasteiger partial charge in [-0.05, 0) is 54.3 Å². The number of ether oxygens (including phenoxy) is 2.